The van der Waals surface area contributed by atoms with Gasteiger partial charge in [-0.2, -0.15) is 0 Å². The van der Waals surface area contributed by atoms with Gasteiger partial charge in [-0.3, -0.25) is 4.79 Å². The second-order valence-electron chi connectivity index (χ2n) is 6.63. The molecule has 6 nitrogen and oxygen atoms in total. The van der Waals surface area contributed by atoms with Crippen molar-refractivity contribution in [3.05, 3.63) is 29.3 Å². The molecule has 0 aromatic heterocycles. The maximum absolute atomic E-state index is 11.8. The average molecular weight is 367 g/mol. The first kappa shape index (κ1) is 19.4. The maximum atomic E-state index is 11.8. The van der Waals surface area contributed by atoms with E-state index in [1.54, 1.807) is 19.0 Å². The van der Waals surface area contributed by atoms with Crippen molar-refractivity contribution in [1.82, 2.24) is 15.1 Å². The van der Waals surface area contributed by atoms with Crippen LogP contribution in [0.5, 0.6) is 5.75 Å². The number of ether oxygens (including phenoxy) is 1. The predicted molar refractivity (Wildman–Crippen MR) is 101 cm³/mol. The smallest absolute Gasteiger partial charge is 0.243 e. The van der Waals surface area contributed by atoms with Gasteiger partial charge in [0.2, 0.25) is 5.91 Å². The molecule has 0 saturated carbocycles. The molecule has 0 aliphatic carbocycles. The Morgan fingerprint density at radius 3 is 2.80 bits per heavy atom. The van der Waals surface area contributed by atoms with E-state index >= 15 is 0 Å². The lowest BCUT2D eigenvalue weighted by molar-refractivity contribution is -0.127. The molecule has 1 fully saturated rings. The van der Waals surface area contributed by atoms with E-state index in [1.807, 2.05) is 24.3 Å². The molecule has 0 radical (unpaired) electrons. The molecule has 138 valence electrons. The molecule has 1 heterocycles. The topological polar surface area (TPSA) is 57.2 Å². The molecule has 0 spiro atoms. The summed E-state index contributed by atoms with van der Waals surface area (Å²) in [6.45, 7) is 5.77. The Morgan fingerprint density at radius 1 is 1.44 bits per heavy atom. The van der Waals surface area contributed by atoms with Crippen molar-refractivity contribution in [2.24, 2.45) is 4.99 Å². The number of guanidine groups is 1. The van der Waals surface area contributed by atoms with Crippen LogP contribution in [0.4, 0.5) is 0 Å². The zero-order chi connectivity index (χ0) is 18.4. The monoisotopic (exact) mass is 366 g/mol. The second kappa shape index (κ2) is 8.94. The van der Waals surface area contributed by atoms with Crippen molar-refractivity contribution >= 4 is 23.5 Å². The average Bonchev–Trinajstić information content (AvgIpc) is 3.01. The lowest BCUT2D eigenvalue weighted by Crippen LogP contribution is -2.44. The highest BCUT2D eigenvalue weighted by molar-refractivity contribution is 6.32. The number of hydrogen-bond donors (Lipinski definition) is 1. The number of halogens is 1. The standard InChI is InChI=1S/C18H27ClN4O2/c1-13(2)21-18(20-11-17(24)22(3)4)23-10-9-14(12-23)25-16-8-6-5-7-15(16)19/h5-8,13-14H,9-12H2,1-4H3,(H,20,21). The Hall–Kier alpha value is -1.95. The highest BCUT2D eigenvalue weighted by Gasteiger charge is 2.27. The molecule has 1 N–H and O–H groups in total. The first-order valence-electron chi connectivity index (χ1n) is 8.54. The van der Waals surface area contributed by atoms with Crippen LogP contribution in [0.1, 0.15) is 20.3 Å². The molecule has 1 aliphatic rings. The van der Waals surface area contributed by atoms with E-state index in [1.165, 1.54) is 0 Å². The third kappa shape index (κ3) is 5.81. The summed E-state index contributed by atoms with van der Waals surface area (Å²) in [6, 6.07) is 7.73. The van der Waals surface area contributed by atoms with Gasteiger partial charge in [-0.25, -0.2) is 4.99 Å². The van der Waals surface area contributed by atoms with Crippen LogP contribution in [0.3, 0.4) is 0 Å². The summed E-state index contributed by atoms with van der Waals surface area (Å²) in [5.74, 6) is 1.43. The van der Waals surface area contributed by atoms with Gasteiger partial charge in [0.25, 0.3) is 0 Å². The van der Waals surface area contributed by atoms with E-state index < -0.39 is 0 Å². The number of amides is 1. The van der Waals surface area contributed by atoms with Crippen molar-refractivity contribution in [2.45, 2.75) is 32.4 Å². The maximum Gasteiger partial charge on any atom is 0.243 e. The van der Waals surface area contributed by atoms with Crippen molar-refractivity contribution < 1.29 is 9.53 Å². The van der Waals surface area contributed by atoms with Gasteiger partial charge in [-0.15, -0.1) is 0 Å². The molecule has 1 saturated heterocycles. The molecule has 25 heavy (non-hydrogen) atoms. The van der Waals surface area contributed by atoms with Gasteiger partial charge in [0.1, 0.15) is 18.4 Å². The quantitative estimate of drug-likeness (QED) is 0.641. The number of para-hydroxylation sites is 1. The Labute approximate surface area is 154 Å². The highest BCUT2D eigenvalue weighted by atomic mass is 35.5. The number of carbonyl (C=O) groups is 1. The molecule has 1 unspecified atom stereocenters. The lowest BCUT2D eigenvalue weighted by atomic mass is 10.3. The molecule has 2 rings (SSSR count). The van der Waals surface area contributed by atoms with E-state index in [-0.39, 0.29) is 24.6 Å². The van der Waals surface area contributed by atoms with Crippen LogP contribution in [0.25, 0.3) is 0 Å². The largest absolute Gasteiger partial charge is 0.487 e. The van der Waals surface area contributed by atoms with Gasteiger partial charge in [-0.1, -0.05) is 23.7 Å². The molecule has 1 aromatic rings. The summed E-state index contributed by atoms with van der Waals surface area (Å²) in [4.78, 5) is 20.0. The number of likely N-dealkylation sites (tertiary alicyclic amines) is 1. The minimum Gasteiger partial charge on any atom is -0.487 e. The van der Waals surface area contributed by atoms with Gasteiger partial charge in [0.15, 0.2) is 5.96 Å². The minimum absolute atomic E-state index is 0.0221. The summed E-state index contributed by atoms with van der Waals surface area (Å²) in [7, 11) is 3.47. The second-order valence-corrected chi connectivity index (χ2v) is 7.04. The van der Waals surface area contributed by atoms with Crippen molar-refractivity contribution in [3.63, 3.8) is 0 Å². The van der Waals surface area contributed by atoms with Crippen molar-refractivity contribution in [3.8, 4) is 5.75 Å². The molecule has 1 atom stereocenters. The summed E-state index contributed by atoms with van der Waals surface area (Å²) in [5.41, 5.74) is 0. The lowest BCUT2D eigenvalue weighted by Gasteiger charge is -2.24. The number of benzene rings is 1. The number of hydrogen-bond acceptors (Lipinski definition) is 3. The minimum atomic E-state index is -0.0221. The Kier molecular flexibility index (Phi) is 6.93. The molecule has 0 bridgehead atoms. The van der Waals surface area contributed by atoms with Crippen LogP contribution in [0, 0.1) is 0 Å². The highest BCUT2D eigenvalue weighted by Crippen LogP contribution is 2.26. The van der Waals surface area contributed by atoms with Crippen molar-refractivity contribution in [2.75, 3.05) is 33.7 Å². The fraction of sp³-hybridized carbons (Fsp3) is 0.556. The molecular weight excluding hydrogens is 340 g/mol. The normalized spacial score (nSPS) is 17.8. The Bertz CT molecular complexity index is 619. The van der Waals surface area contributed by atoms with Gasteiger partial charge < -0.3 is 19.9 Å². The molecule has 1 aliphatic heterocycles. The number of nitrogens with one attached hydrogen (secondary N) is 1. The summed E-state index contributed by atoms with van der Waals surface area (Å²) in [6.07, 6.45) is 0.926. The third-order valence-corrected chi connectivity index (χ3v) is 4.17. The summed E-state index contributed by atoms with van der Waals surface area (Å²) >= 11 is 6.17. The van der Waals surface area contributed by atoms with Crippen LogP contribution in [-0.2, 0) is 4.79 Å². The van der Waals surface area contributed by atoms with E-state index in [0.717, 1.165) is 18.9 Å². The van der Waals surface area contributed by atoms with Crippen LogP contribution >= 0.6 is 11.6 Å². The van der Waals surface area contributed by atoms with Gasteiger partial charge in [0, 0.05) is 33.1 Å². The van der Waals surface area contributed by atoms with Crippen LogP contribution in [-0.4, -0.2) is 67.5 Å². The Balaban J connectivity index is 2.00. The predicted octanol–water partition coefficient (Wildman–Crippen LogP) is 2.24. The van der Waals surface area contributed by atoms with E-state index in [0.29, 0.717) is 17.3 Å². The van der Waals surface area contributed by atoms with E-state index in [9.17, 15) is 4.79 Å². The Morgan fingerprint density at radius 2 is 2.16 bits per heavy atom. The fourth-order valence-electron chi connectivity index (χ4n) is 2.52. The van der Waals surface area contributed by atoms with E-state index in [4.69, 9.17) is 16.3 Å². The van der Waals surface area contributed by atoms with Crippen LogP contribution in [0.2, 0.25) is 5.02 Å². The summed E-state index contributed by atoms with van der Waals surface area (Å²) < 4.78 is 6.02. The zero-order valence-electron chi connectivity index (χ0n) is 15.3. The molecule has 7 heteroatoms. The number of aliphatic imine (C=N–C) groups is 1. The first-order chi connectivity index (χ1) is 11.9. The van der Waals surface area contributed by atoms with Crippen molar-refractivity contribution in [1.29, 1.82) is 0 Å². The van der Waals surface area contributed by atoms with Gasteiger partial charge in [0.05, 0.1) is 11.6 Å². The molecule has 1 aromatic carbocycles. The number of likely N-dealkylation sites (N-methyl/N-ethyl adjacent to an activating group) is 1. The van der Waals surface area contributed by atoms with E-state index in [2.05, 4.69) is 29.1 Å². The van der Waals surface area contributed by atoms with Gasteiger partial charge in [-0.05, 0) is 26.0 Å². The third-order valence-electron chi connectivity index (χ3n) is 3.86. The number of rotatable bonds is 5. The number of nitrogens with zero attached hydrogens (tertiary/aromatic N) is 3. The molecule has 1 amide bonds. The van der Waals surface area contributed by atoms with Crippen LogP contribution < -0.4 is 10.1 Å². The summed E-state index contributed by atoms with van der Waals surface area (Å²) in [5, 5.41) is 3.95. The zero-order valence-corrected chi connectivity index (χ0v) is 16.1. The first-order valence-corrected chi connectivity index (χ1v) is 8.92. The number of carbonyl (C=O) groups excluding carboxylic acids is 1. The fourth-order valence-corrected chi connectivity index (χ4v) is 2.70. The SMILES string of the molecule is CC(C)NC(=NCC(=O)N(C)C)N1CCC(Oc2ccccc2Cl)C1. The van der Waals surface area contributed by atoms with Crippen LogP contribution in [0.15, 0.2) is 29.3 Å². The van der Waals surface area contributed by atoms with Gasteiger partial charge >= 0.3 is 0 Å². The molecular formula is C18H27ClN4O2.